The van der Waals surface area contributed by atoms with Crippen molar-refractivity contribution >= 4 is 17.5 Å². The summed E-state index contributed by atoms with van der Waals surface area (Å²) in [6, 6.07) is 15.6. The Morgan fingerprint density at radius 1 is 1.03 bits per heavy atom. The summed E-state index contributed by atoms with van der Waals surface area (Å²) in [4.78, 5) is 29.3. The molecular weight excluding hydrogens is 366 g/mol. The zero-order valence-electron chi connectivity index (χ0n) is 16.9. The zero-order valence-corrected chi connectivity index (χ0v) is 16.9. The number of nitrogens with one attached hydrogen (secondary N) is 1. The Morgan fingerprint density at radius 2 is 1.76 bits per heavy atom. The first-order valence-corrected chi connectivity index (χ1v) is 10.1. The van der Waals surface area contributed by atoms with Gasteiger partial charge >= 0.3 is 0 Å². The van der Waals surface area contributed by atoms with Crippen molar-refractivity contribution in [1.82, 2.24) is 10.2 Å². The summed E-state index contributed by atoms with van der Waals surface area (Å²) in [5.74, 6) is -0.248. The average Bonchev–Trinajstić information content (AvgIpc) is 2.74. The summed E-state index contributed by atoms with van der Waals surface area (Å²) in [5, 5.41) is 2.93. The van der Waals surface area contributed by atoms with Gasteiger partial charge in [-0.15, -0.1) is 0 Å². The Bertz CT molecular complexity index is 891. The molecule has 6 heteroatoms. The fraction of sp³-hybridized carbons (Fsp3) is 0.391. The Labute approximate surface area is 171 Å². The molecule has 2 aromatic rings. The van der Waals surface area contributed by atoms with Crippen molar-refractivity contribution in [3.05, 3.63) is 65.2 Å². The Balaban J connectivity index is 1.45. The number of ether oxygens (including phenoxy) is 1. The molecule has 6 nitrogen and oxygen atoms in total. The van der Waals surface area contributed by atoms with Crippen molar-refractivity contribution in [2.75, 3.05) is 37.7 Å². The molecule has 2 aliphatic heterocycles. The molecule has 2 heterocycles. The third-order valence-electron chi connectivity index (χ3n) is 5.70. The van der Waals surface area contributed by atoms with E-state index in [-0.39, 0.29) is 18.4 Å². The number of hydrogen-bond acceptors (Lipinski definition) is 4. The molecule has 0 spiro atoms. The van der Waals surface area contributed by atoms with E-state index in [4.69, 9.17) is 4.74 Å². The number of piperazine rings is 1. The Morgan fingerprint density at radius 3 is 2.45 bits per heavy atom. The molecule has 0 bridgehead atoms. The molecule has 0 unspecified atom stereocenters. The van der Waals surface area contributed by atoms with Gasteiger partial charge < -0.3 is 19.9 Å². The van der Waals surface area contributed by atoms with Gasteiger partial charge in [-0.3, -0.25) is 9.59 Å². The maximum atomic E-state index is 13.2. The van der Waals surface area contributed by atoms with Gasteiger partial charge in [0, 0.05) is 31.9 Å². The molecule has 2 atom stereocenters. The highest BCUT2D eigenvalue weighted by Gasteiger charge is 2.39. The fourth-order valence-electron chi connectivity index (χ4n) is 4.19. The van der Waals surface area contributed by atoms with Gasteiger partial charge in [-0.2, -0.15) is 0 Å². The summed E-state index contributed by atoms with van der Waals surface area (Å²) in [6.45, 7) is 6.99. The van der Waals surface area contributed by atoms with Gasteiger partial charge in [0.2, 0.25) is 5.91 Å². The van der Waals surface area contributed by atoms with Crippen LogP contribution in [0.5, 0.6) is 0 Å². The van der Waals surface area contributed by atoms with Gasteiger partial charge in [0.15, 0.2) is 6.10 Å². The van der Waals surface area contributed by atoms with Crippen molar-refractivity contribution in [2.45, 2.75) is 26.0 Å². The molecule has 0 aliphatic carbocycles. The number of hydrogen-bond donors (Lipinski definition) is 1. The zero-order chi connectivity index (χ0) is 20.4. The second kappa shape index (κ2) is 8.25. The van der Waals surface area contributed by atoms with E-state index in [0.29, 0.717) is 13.1 Å². The lowest BCUT2D eigenvalue weighted by molar-refractivity contribution is -0.155. The summed E-state index contributed by atoms with van der Waals surface area (Å²) in [7, 11) is 0. The third-order valence-corrected chi connectivity index (χ3v) is 5.70. The lowest BCUT2D eigenvalue weighted by Crippen LogP contribution is -2.57. The summed E-state index contributed by atoms with van der Waals surface area (Å²) < 4.78 is 5.70. The first kappa shape index (κ1) is 19.5. The smallest absolute Gasteiger partial charge is 0.254 e. The first-order chi connectivity index (χ1) is 14.0. The largest absolute Gasteiger partial charge is 0.368 e. The van der Waals surface area contributed by atoms with Gasteiger partial charge in [0.25, 0.3) is 5.91 Å². The van der Waals surface area contributed by atoms with Crippen LogP contribution in [-0.4, -0.2) is 55.6 Å². The molecule has 0 radical (unpaired) electrons. The van der Waals surface area contributed by atoms with Crippen molar-refractivity contribution in [1.29, 1.82) is 0 Å². The van der Waals surface area contributed by atoms with Gasteiger partial charge in [-0.25, -0.2) is 0 Å². The average molecular weight is 393 g/mol. The van der Waals surface area contributed by atoms with E-state index < -0.39 is 12.1 Å². The second-order valence-corrected chi connectivity index (χ2v) is 7.79. The fourth-order valence-corrected chi connectivity index (χ4v) is 4.19. The molecule has 2 aliphatic rings. The molecular formula is C23H27N3O3. The van der Waals surface area contributed by atoms with E-state index in [1.54, 1.807) is 0 Å². The maximum absolute atomic E-state index is 13.2. The van der Waals surface area contributed by atoms with E-state index >= 15 is 0 Å². The molecule has 0 aromatic heterocycles. The number of rotatable bonds is 3. The van der Waals surface area contributed by atoms with Gasteiger partial charge in [-0.05, 0) is 31.0 Å². The van der Waals surface area contributed by atoms with Crippen LogP contribution < -0.4 is 10.2 Å². The molecule has 152 valence electrons. The van der Waals surface area contributed by atoms with Crippen molar-refractivity contribution in [3.63, 3.8) is 0 Å². The quantitative estimate of drug-likeness (QED) is 0.869. The summed E-state index contributed by atoms with van der Waals surface area (Å²) >= 11 is 0. The van der Waals surface area contributed by atoms with Gasteiger partial charge in [-0.1, -0.05) is 48.0 Å². The number of morpholine rings is 1. The molecule has 2 saturated heterocycles. The highest BCUT2D eigenvalue weighted by molar-refractivity contribution is 5.86. The Kier molecular flexibility index (Phi) is 5.53. The minimum Gasteiger partial charge on any atom is -0.368 e. The SMILES string of the molecule is Cc1ccc(N2CCN(C(=O)[C@H]3OCC(=O)N[C@@H]3c3ccccc3)CC2)c(C)c1. The molecule has 4 rings (SSSR count). The van der Waals surface area contributed by atoms with Crippen LogP contribution in [0, 0.1) is 13.8 Å². The predicted octanol–water partition coefficient (Wildman–Crippen LogP) is 2.21. The highest BCUT2D eigenvalue weighted by atomic mass is 16.5. The summed E-state index contributed by atoms with van der Waals surface area (Å²) in [6.07, 6.45) is -0.692. The van der Waals surface area contributed by atoms with E-state index in [1.807, 2.05) is 35.2 Å². The van der Waals surface area contributed by atoms with Crippen LogP contribution in [0.1, 0.15) is 22.7 Å². The van der Waals surface area contributed by atoms with Crippen molar-refractivity contribution < 1.29 is 14.3 Å². The van der Waals surface area contributed by atoms with Crippen LogP contribution in [0.2, 0.25) is 0 Å². The van der Waals surface area contributed by atoms with Crippen molar-refractivity contribution in [3.8, 4) is 0 Å². The number of anilines is 1. The topological polar surface area (TPSA) is 61.9 Å². The Hall–Kier alpha value is -2.86. The third kappa shape index (κ3) is 4.12. The number of nitrogens with zero attached hydrogens (tertiary/aromatic N) is 2. The number of carbonyl (C=O) groups excluding carboxylic acids is 2. The highest BCUT2D eigenvalue weighted by Crippen LogP contribution is 2.26. The van der Waals surface area contributed by atoms with E-state index in [0.717, 1.165) is 18.7 Å². The second-order valence-electron chi connectivity index (χ2n) is 7.79. The lowest BCUT2D eigenvalue weighted by atomic mass is 9.98. The number of aryl methyl sites for hydroxylation is 2. The molecule has 29 heavy (non-hydrogen) atoms. The van der Waals surface area contributed by atoms with E-state index in [2.05, 4.69) is 42.3 Å². The molecule has 2 amide bonds. The lowest BCUT2D eigenvalue weighted by Gasteiger charge is -2.40. The van der Waals surface area contributed by atoms with E-state index in [1.165, 1.54) is 16.8 Å². The minimum atomic E-state index is -0.692. The van der Waals surface area contributed by atoms with Crippen LogP contribution in [0.4, 0.5) is 5.69 Å². The first-order valence-electron chi connectivity index (χ1n) is 10.1. The molecule has 2 aromatic carbocycles. The monoisotopic (exact) mass is 393 g/mol. The van der Waals surface area contributed by atoms with Gasteiger partial charge in [0.1, 0.15) is 6.61 Å². The van der Waals surface area contributed by atoms with Crippen LogP contribution in [0.15, 0.2) is 48.5 Å². The normalized spacial score (nSPS) is 22.3. The van der Waals surface area contributed by atoms with Crippen molar-refractivity contribution in [2.24, 2.45) is 0 Å². The molecule has 0 saturated carbocycles. The molecule has 2 fully saturated rings. The predicted molar refractivity (Wildman–Crippen MR) is 112 cm³/mol. The van der Waals surface area contributed by atoms with Gasteiger partial charge in [0.05, 0.1) is 6.04 Å². The maximum Gasteiger partial charge on any atom is 0.254 e. The number of carbonyl (C=O) groups is 2. The van der Waals surface area contributed by atoms with Crippen LogP contribution in [0.25, 0.3) is 0 Å². The number of benzene rings is 2. The number of amides is 2. The molecule has 1 N–H and O–H groups in total. The van der Waals surface area contributed by atoms with E-state index in [9.17, 15) is 9.59 Å². The standard InChI is InChI=1S/C23H27N3O3/c1-16-8-9-19(17(2)14-16)25-10-12-26(13-11-25)23(28)22-21(24-20(27)15-29-22)18-6-4-3-5-7-18/h3-9,14,21-22H,10-13,15H2,1-2H3,(H,24,27)/t21-,22+/m1/s1. The van der Waals surface area contributed by atoms with Crippen LogP contribution in [0.3, 0.4) is 0 Å². The minimum absolute atomic E-state index is 0.0564. The van der Waals surface area contributed by atoms with Crippen LogP contribution >= 0.6 is 0 Å². The van der Waals surface area contributed by atoms with Crippen LogP contribution in [-0.2, 0) is 14.3 Å². The summed E-state index contributed by atoms with van der Waals surface area (Å²) in [5.41, 5.74) is 4.62.